The van der Waals surface area contributed by atoms with Crippen molar-refractivity contribution in [3.05, 3.63) is 105 Å². The van der Waals surface area contributed by atoms with Crippen LogP contribution in [0.5, 0.6) is 0 Å². The van der Waals surface area contributed by atoms with Crippen molar-refractivity contribution in [1.29, 1.82) is 0 Å². The summed E-state index contributed by atoms with van der Waals surface area (Å²) in [6.07, 6.45) is -0.815. The van der Waals surface area contributed by atoms with Crippen LogP contribution in [0.1, 0.15) is 40.7 Å². The van der Waals surface area contributed by atoms with Crippen molar-refractivity contribution >= 4 is 70.0 Å². The van der Waals surface area contributed by atoms with Crippen LogP contribution in [0, 0.1) is 0 Å². The number of carboxylic acids is 2. The van der Waals surface area contributed by atoms with Gasteiger partial charge in [-0.3, -0.25) is 0 Å². The maximum Gasteiger partial charge on any atom is 0.417 e. The third-order valence-corrected chi connectivity index (χ3v) is 7.56. The smallest absolute Gasteiger partial charge is 0.417 e. The predicted molar refractivity (Wildman–Crippen MR) is 168 cm³/mol. The van der Waals surface area contributed by atoms with E-state index in [0.29, 0.717) is 33.7 Å². The second-order valence-corrected chi connectivity index (χ2v) is 11.5. The summed E-state index contributed by atoms with van der Waals surface area (Å²) in [7, 11) is 0. The van der Waals surface area contributed by atoms with Gasteiger partial charge in [0.15, 0.2) is 12.1 Å². The Bertz CT molecular complexity index is 1560. The highest BCUT2D eigenvalue weighted by molar-refractivity contribution is 7.98. The minimum absolute atomic E-state index is 0.0260. The van der Waals surface area contributed by atoms with E-state index >= 15 is 0 Å². The third-order valence-electron chi connectivity index (χ3n) is 5.76. The number of aliphatic carboxylic acids is 2. The summed E-state index contributed by atoms with van der Waals surface area (Å²) >= 11 is 14.7. The minimum atomic E-state index is -4.64. The first-order valence-corrected chi connectivity index (χ1v) is 16.1. The van der Waals surface area contributed by atoms with Crippen molar-refractivity contribution in [1.82, 2.24) is 0 Å². The molecule has 2 atom stereocenters. The molecule has 2 aromatic heterocycles. The van der Waals surface area contributed by atoms with Gasteiger partial charge in [0.25, 0.3) is 0 Å². The van der Waals surface area contributed by atoms with Crippen LogP contribution in [-0.4, -0.2) is 34.7 Å². The zero-order valence-corrected chi connectivity index (χ0v) is 26.3. The fourth-order valence-electron chi connectivity index (χ4n) is 3.78. The van der Waals surface area contributed by atoms with E-state index in [2.05, 4.69) is 10.6 Å². The average molecular weight is 692 g/mol. The van der Waals surface area contributed by atoms with Gasteiger partial charge in [-0.15, -0.1) is 0 Å². The fourth-order valence-corrected chi connectivity index (χ4v) is 5.08. The highest BCUT2D eigenvalue weighted by Crippen LogP contribution is 2.37. The Morgan fingerprint density at radius 1 is 0.795 bits per heavy atom. The highest BCUT2D eigenvalue weighted by Gasteiger charge is 2.34. The Kier molecular flexibility index (Phi) is 12.8. The van der Waals surface area contributed by atoms with Gasteiger partial charge in [0.2, 0.25) is 0 Å². The van der Waals surface area contributed by atoms with Crippen LogP contribution in [-0.2, 0) is 27.3 Å². The molecule has 0 saturated carbocycles. The molecule has 44 heavy (non-hydrogen) atoms. The molecule has 8 nitrogen and oxygen atoms in total. The number of alkyl halides is 3. The van der Waals surface area contributed by atoms with Crippen LogP contribution in [0.15, 0.2) is 75.6 Å². The lowest BCUT2D eigenvalue weighted by Gasteiger charge is -2.16. The molecule has 0 aliphatic heterocycles. The van der Waals surface area contributed by atoms with Crippen molar-refractivity contribution in [2.75, 3.05) is 23.1 Å². The third kappa shape index (κ3) is 9.81. The van der Waals surface area contributed by atoms with Crippen molar-refractivity contribution in [3.8, 4) is 0 Å². The largest absolute Gasteiger partial charge is 0.479 e. The molecule has 2 aromatic carbocycles. The molecular formula is C29H27Cl2F3N2O6S2. The molecule has 0 bridgehead atoms. The minimum Gasteiger partial charge on any atom is -0.479 e. The molecule has 0 aliphatic rings. The number of thioether (sulfide) groups is 2. The summed E-state index contributed by atoms with van der Waals surface area (Å²) in [4.78, 5) is 22.9. The van der Waals surface area contributed by atoms with Gasteiger partial charge in [-0.25, -0.2) is 9.59 Å². The summed E-state index contributed by atoms with van der Waals surface area (Å²) < 4.78 is 49.6. The topological polar surface area (TPSA) is 125 Å². The average Bonchev–Trinajstić information content (AvgIpc) is 3.62. The fraction of sp³-hybridized carbons (Fsp3) is 0.241. The molecule has 4 rings (SSSR count). The molecule has 0 radical (unpaired) electrons. The van der Waals surface area contributed by atoms with Crippen molar-refractivity contribution < 1.29 is 41.8 Å². The Balaban J connectivity index is 0.000000244. The zero-order chi connectivity index (χ0) is 32.4. The lowest BCUT2D eigenvalue weighted by molar-refractivity contribution is -0.139. The maximum atomic E-state index is 12.9. The van der Waals surface area contributed by atoms with Gasteiger partial charge in [0, 0.05) is 5.69 Å². The number of hydrogen-bond acceptors (Lipinski definition) is 8. The number of para-hydroxylation sites is 1. The molecule has 0 aliphatic carbocycles. The first kappa shape index (κ1) is 35.1. The normalized spacial score (nSPS) is 12.5. The van der Waals surface area contributed by atoms with E-state index in [0.717, 1.165) is 17.9 Å². The number of nitrogens with one attached hydrogen (secondary N) is 2. The molecule has 236 valence electrons. The van der Waals surface area contributed by atoms with E-state index < -0.39 is 40.8 Å². The number of hydrogen-bond donors (Lipinski definition) is 4. The number of furan rings is 2. The van der Waals surface area contributed by atoms with Crippen LogP contribution in [0.3, 0.4) is 0 Å². The van der Waals surface area contributed by atoms with E-state index in [1.165, 1.54) is 23.9 Å². The van der Waals surface area contributed by atoms with Gasteiger partial charge >= 0.3 is 18.1 Å². The second-order valence-electron chi connectivity index (χ2n) is 8.98. The van der Waals surface area contributed by atoms with E-state index in [1.54, 1.807) is 54.2 Å². The van der Waals surface area contributed by atoms with Gasteiger partial charge in [0.1, 0.15) is 23.0 Å². The van der Waals surface area contributed by atoms with Gasteiger partial charge in [-0.2, -0.15) is 36.7 Å². The number of anilines is 2. The predicted octanol–water partition coefficient (Wildman–Crippen LogP) is 9.09. The monoisotopic (exact) mass is 690 g/mol. The Labute approximate surface area is 269 Å². The molecule has 4 N–H and O–H groups in total. The molecule has 2 unspecified atom stereocenters. The van der Waals surface area contributed by atoms with Crippen LogP contribution in [0.4, 0.5) is 24.5 Å². The SMILES string of the molecule is CSCc1ccc(C(Nc2ccc(Cl)c(C(F)(F)F)c2)C(=O)O)o1.CSCc1ccc(C(Nc2ccccc2Cl)C(=O)O)o1. The lowest BCUT2D eigenvalue weighted by Crippen LogP contribution is -2.20. The summed E-state index contributed by atoms with van der Waals surface area (Å²) in [6.45, 7) is 0. The zero-order valence-electron chi connectivity index (χ0n) is 23.2. The molecule has 0 amide bonds. The molecule has 0 fully saturated rings. The highest BCUT2D eigenvalue weighted by atomic mass is 35.5. The van der Waals surface area contributed by atoms with Crippen molar-refractivity contribution in [2.24, 2.45) is 0 Å². The van der Waals surface area contributed by atoms with Gasteiger partial charge < -0.3 is 29.7 Å². The van der Waals surface area contributed by atoms with E-state index in [9.17, 15) is 33.0 Å². The standard InChI is InChI=1S/C15H13ClF3NO3S.C14H14ClNO3S/c1-24-7-9-3-5-12(23-9)13(14(21)22)20-8-2-4-11(16)10(6-8)15(17,18)19;1-20-8-9-6-7-12(19-9)13(14(17)18)16-11-5-3-2-4-10(11)15/h2-6,13,20H,7H2,1H3,(H,21,22);2-7,13,16H,8H2,1H3,(H,17,18). The summed E-state index contributed by atoms with van der Waals surface area (Å²) in [5, 5.41) is 24.1. The maximum absolute atomic E-state index is 12.9. The van der Waals surface area contributed by atoms with Crippen molar-refractivity contribution in [2.45, 2.75) is 29.8 Å². The number of rotatable bonds is 12. The van der Waals surface area contributed by atoms with E-state index in [-0.39, 0.29) is 11.4 Å². The molecule has 2 heterocycles. The number of carboxylic acid groups (broad SMARTS) is 2. The Morgan fingerprint density at radius 2 is 1.32 bits per heavy atom. The van der Waals surface area contributed by atoms with Crippen molar-refractivity contribution in [3.63, 3.8) is 0 Å². The molecular weight excluding hydrogens is 664 g/mol. The Hall–Kier alpha value is -3.39. The van der Waals surface area contributed by atoms with Crippen LogP contribution < -0.4 is 10.6 Å². The summed E-state index contributed by atoms with van der Waals surface area (Å²) in [5.41, 5.74) is -0.507. The second kappa shape index (κ2) is 16.1. The first-order chi connectivity index (χ1) is 20.8. The number of benzene rings is 2. The molecule has 0 spiro atoms. The molecule has 0 saturated heterocycles. The van der Waals surface area contributed by atoms with E-state index in [4.69, 9.17) is 32.0 Å². The molecule has 15 heteroatoms. The number of halogens is 5. The van der Waals surface area contributed by atoms with Crippen LogP contribution in [0.2, 0.25) is 10.0 Å². The number of carbonyl (C=O) groups is 2. The summed E-state index contributed by atoms with van der Waals surface area (Å²) in [6, 6.07) is 14.4. The first-order valence-electron chi connectivity index (χ1n) is 12.6. The summed E-state index contributed by atoms with van der Waals surface area (Å²) in [5.74, 6) is 0.775. The van der Waals surface area contributed by atoms with Gasteiger partial charge in [-0.1, -0.05) is 35.3 Å². The molecule has 4 aromatic rings. The van der Waals surface area contributed by atoms with Crippen LogP contribution in [0.25, 0.3) is 0 Å². The van der Waals surface area contributed by atoms with E-state index in [1.807, 2.05) is 12.5 Å². The quantitative estimate of drug-likeness (QED) is 0.114. The lowest BCUT2D eigenvalue weighted by atomic mass is 10.1. The Morgan fingerprint density at radius 3 is 1.80 bits per heavy atom. The van der Waals surface area contributed by atoms with Gasteiger partial charge in [0.05, 0.1) is 32.8 Å². The van der Waals surface area contributed by atoms with Gasteiger partial charge in [-0.05, 0) is 67.1 Å². The van der Waals surface area contributed by atoms with Crippen LogP contribution >= 0.6 is 46.7 Å².